The van der Waals surface area contributed by atoms with E-state index in [0.717, 1.165) is 12.1 Å². The molecular weight excluding hydrogens is 418 g/mol. The maximum absolute atomic E-state index is 15.4. The van der Waals surface area contributed by atoms with Crippen LogP contribution in [0.1, 0.15) is 40.2 Å². The van der Waals surface area contributed by atoms with Gasteiger partial charge in [0.15, 0.2) is 12.0 Å². The van der Waals surface area contributed by atoms with Crippen LogP contribution in [-0.4, -0.2) is 32.3 Å². The summed E-state index contributed by atoms with van der Waals surface area (Å²) in [6.07, 6.45) is -4.51. The quantitative estimate of drug-likeness (QED) is 0.617. The molecule has 1 aromatic carbocycles. The van der Waals surface area contributed by atoms with E-state index in [1.54, 1.807) is 19.2 Å². The van der Waals surface area contributed by atoms with Crippen LogP contribution in [0.2, 0.25) is 0 Å². The molecule has 1 N–H and O–H groups in total. The minimum absolute atomic E-state index is 0.0994. The zero-order valence-electron chi connectivity index (χ0n) is 16.2. The van der Waals surface area contributed by atoms with Gasteiger partial charge in [0.25, 0.3) is 5.91 Å². The molecule has 4 rings (SSSR count). The molecule has 1 fully saturated rings. The van der Waals surface area contributed by atoms with Gasteiger partial charge >= 0.3 is 6.18 Å². The van der Waals surface area contributed by atoms with Crippen molar-refractivity contribution in [1.29, 1.82) is 0 Å². The van der Waals surface area contributed by atoms with Gasteiger partial charge in [-0.2, -0.15) is 13.2 Å². The fraction of sp³-hybridized carbons (Fsp3) is 0.300. The van der Waals surface area contributed by atoms with Crippen molar-refractivity contribution in [3.8, 4) is 0 Å². The van der Waals surface area contributed by atoms with Crippen LogP contribution in [0.4, 0.5) is 23.2 Å². The lowest BCUT2D eigenvalue weighted by molar-refractivity contribution is -0.198. The predicted octanol–water partition coefficient (Wildman–Crippen LogP) is 3.81. The normalized spacial score (nSPS) is 19.5. The maximum Gasteiger partial charge on any atom is 0.433 e. The number of amides is 1. The highest BCUT2D eigenvalue weighted by Gasteiger charge is 2.50. The van der Waals surface area contributed by atoms with Crippen LogP contribution in [0.15, 0.2) is 48.8 Å². The van der Waals surface area contributed by atoms with E-state index in [1.165, 1.54) is 29.1 Å². The number of carbonyl (C=O) groups excluding carboxylic acids is 1. The smallest absolute Gasteiger partial charge is 0.367 e. The van der Waals surface area contributed by atoms with Gasteiger partial charge in [-0.25, -0.2) is 9.37 Å². The van der Waals surface area contributed by atoms with Gasteiger partial charge in [-0.05, 0) is 29.8 Å². The minimum Gasteiger partial charge on any atom is -0.367 e. The molecule has 3 heterocycles. The summed E-state index contributed by atoms with van der Waals surface area (Å²) in [4.78, 5) is 15.8. The summed E-state index contributed by atoms with van der Waals surface area (Å²) in [5, 5.41) is 10.0. The molecule has 0 bridgehead atoms. The summed E-state index contributed by atoms with van der Waals surface area (Å²) < 4.78 is 61.0. The molecule has 1 aliphatic rings. The average molecular weight is 435 g/mol. The number of hydrogen-bond acceptors (Lipinski definition) is 5. The second-order valence-electron chi connectivity index (χ2n) is 7.09. The van der Waals surface area contributed by atoms with Gasteiger partial charge < -0.3 is 14.6 Å². The molecule has 0 saturated carbocycles. The highest BCUT2D eigenvalue weighted by molar-refractivity contribution is 6.02. The molecule has 162 valence electrons. The second kappa shape index (κ2) is 7.73. The number of rotatable bonds is 5. The number of aryl methyl sites for hydroxylation is 1. The van der Waals surface area contributed by atoms with Gasteiger partial charge in [0, 0.05) is 19.2 Å². The molecule has 0 aliphatic carbocycles. The number of ether oxygens (including phenoxy) is 1. The van der Waals surface area contributed by atoms with Gasteiger partial charge in [-0.1, -0.05) is 18.2 Å². The number of pyridine rings is 1. The Hall–Kier alpha value is -3.34. The number of aromatic nitrogens is 4. The van der Waals surface area contributed by atoms with Gasteiger partial charge in [0.1, 0.15) is 23.3 Å². The number of benzene rings is 1. The van der Waals surface area contributed by atoms with Crippen molar-refractivity contribution in [2.24, 2.45) is 7.05 Å². The molecule has 0 unspecified atom stereocenters. The number of nitrogens with zero attached hydrogens (tertiary/aromatic N) is 4. The Balaban J connectivity index is 1.59. The zero-order valence-corrected chi connectivity index (χ0v) is 16.2. The molecular formula is C20H17F4N5O2. The van der Waals surface area contributed by atoms with E-state index < -0.39 is 35.2 Å². The Labute approximate surface area is 174 Å². The number of alkyl halides is 4. The third kappa shape index (κ3) is 3.88. The van der Waals surface area contributed by atoms with Crippen LogP contribution >= 0.6 is 0 Å². The van der Waals surface area contributed by atoms with E-state index >= 15 is 4.39 Å². The Kier molecular flexibility index (Phi) is 5.21. The first-order valence-electron chi connectivity index (χ1n) is 9.29. The van der Waals surface area contributed by atoms with Gasteiger partial charge in [-0.15, -0.1) is 10.2 Å². The second-order valence-corrected chi connectivity index (χ2v) is 7.09. The Morgan fingerprint density at radius 3 is 2.61 bits per heavy atom. The molecule has 2 aromatic heterocycles. The van der Waals surface area contributed by atoms with Crippen molar-refractivity contribution >= 4 is 11.6 Å². The van der Waals surface area contributed by atoms with E-state index in [4.69, 9.17) is 4.74 Å². The number of carbonyl (C=O) groups is 1. The summed E-state index contributed by atoms with van der Waals surface area (Å²) in [5.74, 6) is -0.723. The van der Waals surface area contributed by atoms with Crippen LogP contribution in [0.25, 0.3) is 0 Å². The Morgan fingerprint density at radius 1 is 1.26 bits per heavy atom. The molecule has 0 spiro atoms. The fourth-order valence-electron chi connectivity index (χ4n) is 3.40. The fourth-order valence-corrected chi connectivity index (χ4v) is 3.40. The summed E-state index contributed by atoms with van der Waals surface area (Å²) in [5.41, 5.74) is -2.13. The van der Waals surface area contributed by atoms with Crippen molar-refractivity contribution in [1.82, 2.24) is 19.7 Å². The minimum atomic E-state index is -4.67. The third-order valence-corrected chi connectivity index (χ3v) is 5.10. The SMILES string of the molecule is Cn1cnnc1[C@@H](F)[C@@]1(c2cccc(NC(=O)c3cccc(C(F)(F)F)n3)c2)CCO1. The molecule has 7 nitrogen and oxygen atoms in total. The summed E-state index contributed by atoms with van der Waals surface area (Å²) in [6, 6.07) is 9.37. The molecule has 2 atom stereocenters. The van der Waals surface area contributed by atoms with Crippen LogP contribution in [0.3, 0.4) is 0 Å². The van der Waals surface area contributed by atoms with Gasteiger partial charge in [0.05, 0.1) is 6.61 Å². The van der Waals surface area contributed by atoms with Gasteiger partial charge in [-0.3, -0.25) is 4.79 Å². The molecule has 0 radical (unpaired) electrons. The standard InChI is InChI=1S/C20H17F4N5O2/c1-29-11-25-28-17(29)16(21)19(8-9-31-19)12-4-2-5-13(10-12)26-18(30)14-6-3-7-15(27-14)20(22,23)24/h2-7,10-11,16H,8-9H2,1H3,(H,26,30)/t16-,19+/m1/s1. The lowest BCUT2D eigenvalue weighted by Gasteiger charge is -2.44. The molecule has 1 saturated heterocycles. The van der Waals surface area contributed by atoms with Gasteiger partial charge in [0.2, 0.25) is 0 Å². The highest BCUT2D eigenvalue weighted by Crippen LogP contribution is 2.49. The summed E-state index contributed by atoms with van der Waals surface area (Å²) in [6.45, 7) is 0.350. The molecule has 3 aromatic rings. The lowest BCUT2D eigenvalue weighted by Crippen LogP contribution is -2.45. The maximum atomic E-state index is 15.4. The number of nitrogens with one attached hydrogen (secondary N) is 1. The van der Waals surface area contributed by atoms with Crippen LogP contribution < -0.4 is 5.32 Å². The topological polar surface area (TPSA) is 81.9 Å². The molecule has 31 heavy (non-hydrogen) atoms. The molecule has 1 amide bonds. The highest BCUT2D eigenvalue weighted by atomic mass is 19.4. The number of hydrogen-bond donors (Lipinski definition) is 1. The van der Waals surface area contributed by atoms with Crippen molar-refractivity contribution < 1.29 is 27.1 Å². The van der Waals surface area contributed by atoms with Crippen molar-refractivity contribution in [3.05, 3.63) is 71.6 Å². The largest absolute Gasteiger partial charge is 0.433 e. The van der Waals surface area contributed by atoms with E-state index in [1.807, 2.05) is 0 Å². The first kappa shape index (κ1) is 20.9. The lowest BCUT2D eigenvalue weighted by atomic mass is 9.81. The van der Waals surface area contributed by atoms with E-state index in [2.05, 4.69) is 20.5 Å². The number of anilines is 1. The van der Waals surface area contributed by atoms with Crippen LogP contribution in [0.5, 0.6) is 0 Å². The Morgan fingerprint density at radius 2 is 2.00 bits per heavy atom. The average Bonchev–Trinajstić information content (AvgIpc) is 3.13. The van der Waals surface area contributed by atoms with Crippen molar-refractivity contribution in [2.45, 2.75) is 24.4 Å². The third-order valence-electron chi connectivity index (χ3n) is 5.10. The predicted molar refractivity (Wildman–Crippen MR) is 101 cm³/mol. The van der Waals surface area contributed by atoms with Crippen LogP contribution in [-0.2, 0) is 23.6 Å². The van der Waals surface area contributed by atoms with Crippen LogP contribution in [0, 0.1) is 0 Å². The summed E-state index contributed by atoms with van der Waals surface area (Å²) >= 11 is 0. The number of halogens is 4. The Bertz CT molecular complexity index is 1110. The first-order valence-corrected chi connectivity index (χ1v) is 9.29. The monoisotopic (exact) mass is 435 g/mol. The zero-order chi connectivity index (χ0) is 22.2. The van der Waals surface area contributed by atoms with Crippen molar-refractivity contribution in [2.75, 3.05) is 11.9 Å². The summed E-state index contributed by atoms with van der Waals surface area (Å²) in [7, 11) is 1.62. The van der Waals surface area contributed by atoms with E-state index in [0.29, 0.717) is 18.6 Å². The first-order chi connectivity index (χ1) is 14.7. The van der Waals surface area contributed by atoms with Crippen molar-refractivity contribution in [3.63, 3.8) is 0 Å². The molecule has 1 aliphatic heterocycles. The van der Waals surface area contributed by atoms with E-state index in [9.17, 15) is 18.0 Å². The van der Waals surface area contributed by atoms with E-state index in [-0.39, 0.29) is 11.5 Å². The molecule has 11 heteroatoms.